The summed E-state index contributed by atoms with van der Waals surface area (Å²) in [6.07, 6.45) is -1.13. The van der Waals surface area contributed by atoms with Crippen LogP contribution >= 0.6 is 0 Å². The summed E-state index contributed by atoms with van der Waals surface area (Å²) in [6.45, 7) is 5.90. The number of nitrogens with two attached hydrogens (primary N) is 2. The van der Waals surface area contributed by atoms with E-state index < -0.39 is 23.0 Å². The Morgan fingerprint density at radius 1 is 1.17 bits per heavy atom. The Kier molecular flexibility index (Phi) is 10.9. The van der Waals surface area contributed by atoms with Gasteiger partial charge in [0.15, 0.2) is 0 Å². The van der Waals surface area contributed by atoms with Crippen LogP contribution in [0.2, 0.25) is 0 Å². The molecule has 1 fully saturated rings. The van der Waals surface area contributed by atoms with Gasteiger partial charge in [-0.05, 0) is 63.5 Å². The van der Waals surface area contributed by atoms with Crippen molar-refractivity contribution in [2.45, 2.75) is 57.4 Å². The van der Waals surface area contributed by atoms with E-state index in [2.05, 4.69) is 15.6 Å². The van der Waals surface area contributed by atoms with E-state index in [1.165, 1.54) is 29.3 Å². The van der Waals surface area contributed by atoms with Gasteiger partial charge in [-0.25, -0.2) is 4.79 Å². The minimum absolute atomic E-state index is 0.0506. The summed E-state index contributed by atoms with van der Waals surface area (Å²) in [5, 5.41) is 5.47. The fourth-order valence-corrected chi connectivity index (χ4v) is 4.61. The van der Waals surface area contributed by atoms with Gasteiger partial charge in [-0.1, -0.05) is 6.07 Å². The molecule has 1 aliphatic rings. The highest BCUT2D eigenvalue weighted by molar-refractivity contribution is 5.77. The van der Waals surface area contributed by atoms with E-state index in [9.17, 15) is 27.6 Å². The Hall–Kier alpha value is -3.49. The number of alkyl halides is 3. The van der Waals surface area contributed by atoms with E-state index in [1.807, 2.05) is 4.90 Å². The second-order valence-corrected chi connectivity index (χ2v) is 11.0. The van der Waals surface area contributed by atoms with E-state index >= 15 is 0 Å². The van der Waals surface area contributed by atoms with Gasteiger partial charge in [0, 0.05) is 56.9 Å². The molecule has 0 atom stereocenters. The van der Waals surface area contributed by atoms with Crippen molar-refractivity contribution < 1.29 is 22.8 Å². The molecule has 2 aromatic rings. The maximum atomic E-state index is 14.0. The van der Waals surface area contributed by atoms with Crippen LogP contribution in [0.1, 0.15) is 44.2 Å². The number of halogens is 3. The summed E-state index contributed by atoms with van der Waals surface area (Å²) < 4.78 is 43.0. The number of piperidine rings is 1. The zero-order valence-electron chi connectivity index (χ0n) is 23.4. The predicted molar refractivity (Wildman–Crippen MR) is 149 cm³/mol. The lowest BCUT2D eigenvalue weighted by molar-refractivity contribution is -0.138. The molecule has 11 nitrogen and oxygen atoms in total. The van der Waals surface area contributed by atoms with Crippen molar-refractivity contribution in [2.24, 2.45) is 11.5 Å². The van der Waals surface area contributed by atoms with Crippen molar-refractivity contribution in [3.05, 3.63) is 52.1 Å². The number of hydrogen-bond acceptors (Lipinski definition) is 8. The van der Waals surface area contributed by atoms with Crippen molar-refractivity contribution in [3.8, 4) is 5.69 Å². The third kappa shape index (κ3) is 9.83. The number of amides is 2. The molecule has 2 amide bonds. The highest BCUT2D eigenvalue weighted by Crippen LogP contribution is 2.34. The molecular weight excluding hydrogens is 541 g/mol. The van der Waals surface area contributed by atoms with Gasteiger partial charge < -0.3 is 27.0 Å². The summed E-state index contributed by atoms with van der Waals surface area (Å²) >= 11 is 0. The normalized spacial score (nSPS) is 15.0. The van der Waals surface area contributed by atoms with Crippen molar-refractivity contribution in [3.63, 3.8) is 0 Å². The minimum atomic E-state index is -4.60. The Balaban J connectivity index is 1.70. The molecule has 0 radical (unpaired) electrons. The van der Waals surface area contributed by atoms with Gasteiger partial charge in [-0.2, -0.15) is 18.2 Å². The summed E-state index contributed by atoms with van der Waals surface area (Å²) in [7, 11) is 0. The number of nitrogens with one attached hydrogen (secondary N) is 2. The van der Waals surface area contributed by atoms with Gasteiger partial charge in [0.2, 0.25) is 12.3 Å². The van der Waals surface area contributed by atoms with Crippen molar-refractivity contribution in [1.82, 2.24) is 24.7 Å². The molecule has 14 heteroatoms. The second kappa shape index (κ2) is 13.9. The number of rotatable bonds is 13. The molecule has 0 bridgehead atoms. The first-order chi connectivity index (χ1) is 19.3. The van der Waals surface area contributed by atoms with Gasteiger partial charge in [0.25, 0.3) is 0 Å². The fourth-order valence-electron chi connectivity index (χ4n) is 4.61. The number of benzene rings is 1. The second-order valence-electron chi connectivity index (χ2n) is 11.0. The molecule has 0 unspecified atom stereocenters. The first-order valence-electron chi connectivity index (χ1n) is 13.5. The molecule has 226 valence electrons. The van der Waals surface area contributed by atoms with Crippen LogP contribution in [-0.2, 0) is 22.3 Å². The number of anilines is 1. The predicted octanol–water partition coefficient (Wildman–Crippen LogP) is 1.29. The summed E-state index contributed by atoms with van der Waals surface area (Å²) in [4.78, 5) is 43.4. The quantitative estimate of drug-likeness (QED) is 0.204. The Bertz CT molecular complexity index is 1240. The largest absolute Gasteiger partial charge is 0.416 e. The Morgan fingerprint density at radius 2 is 1.85 bits per heavy atom. The first kappa shape index (κ1) is 32.0. The molecule has 1 aliphatic heterocycles. The molecule has 6 N–H and O–H groups in total. The lowest BCUT2D eigenvalue weighted by Gasteiger charge is -2.30. The van der Waals surface area contributed by atoms with Crippen LogP contribution in [0, 0.1) is 0 Å². The van der Waals surface area contributed by atoms with Crippen LogP contribution in [0.4, 0.5) is 19.0 Å². The lowest BCUT2D eigenvalue weighted by atomic mass is 10.0. The highest BCUT2D eigenvalue weighted by Gasteiger charge is 2.34. The maximum Gasteiger partial charge on any atom is 0.416 e. The standard InChI is InChI=1S/C27H39F3N8O3/c1-26(2,32)16-24(40)37(13-8-33-18-39)14-9-34-23-7-12-38(25(41)35-23)21-4-3-19(22(15-21)27(28,29)30)17-36-10-5-20(31)6-11-36/h3-4,7,12,15,18,20H,5-6,8-11,13-14,16-17,31-32H2,1-2H3,(H,33,39)(H,34,35,41). The molecule has 0 saturated carbocycles. The smallest absolute Gasteiger partial charge is 0.368 e. The van der Waals surface area contributed by atoms with Crippen molar-refractivity contribution >= 4 is 18.1 Å². The van der Waals surface area contributed by atoms with E-state index in [4.69, 9.17) is 11.5 Å². The lowest BCUT2D eigenvalue weighted by Crippen LogP contribution is -2.44. The Morgan fingerprint density at radius 3 is 2.46 bits per heavy atom. The molecule has 1 aromatic carbocycles. The zero-order valence-corrected chi connectivity index (χ0v) is 23.4. The SMILES string of the molecule is CC(C)(N)CC(=O)N(CCNC=O)CCNc1ccn(-c2ccc(CN3CCC(N)CC3)c(C(F)(F)F)c2)c(=O)n1. The van der Waals surface area contributed by atoms with E-state index in [1.54, 1.807) is 13.8 Å². The summed E-state index contributed by atoms with van der Waals surface area (Å²) in [5.74, 6) is 0.0166. The van der Waals surface area contributed by atoms with Crippen LogP contribution in [0.25, 0.3) is 5.69 Å². The van der Waals surface area contributed by atoms with E-state index in [-0.39, 0.29) is 68.2 Å². The molecular formula is C27H39F3N8O3. The van der Waals surface area contributed by atoms with Gasteiger partial charge >= 0.3 is 11.9 Å². The molecule has 0 spiro atoms. The first-order valence-corrected chi connectivity index (χ1v) is 13.5. The van der Waals surface area contributed by atoms with Crippen LogP contribution < -0.4 is 27.8 Å². The van der Waals surface area contributed by atoms with Gasteiger partial charge in [0.1, 0.15) is 5.82 Å². The summed E-state index contributed by atoms with van der Waals surface area (Å²) in [6, 6.07) is 5.40. The molecule has 3 rings (SSSR count). The minimum Gasteiger partial charge on any atom is -0.368 e. The van der Waals surface area contributed by atoms with E-state index in [0.29, 0.717) is 19.5 Å². The molecule has 1 saturated heterocycles. The van der Waals surface area contributed by atoms with Crippen LogP contribution in [0.5, 0.6) is 0 Å². The Labute approximate surface area is 237 Å². The fraction of sp³-hybridized carbons (Fsp3) is 0.556. The van der Waals surface area contributed by atoms with Crippen LogP contribution in [0.3, 0.4) is 0 Å². The van der Waals surface area contributed by atoms with E-state index in [0.717, 1.165) is 23.5 Å². The molecule has 2 heterocycles. The van der Waals surface area contributed by atoms with Gasteiger partial charge in [0.05, 0.1) is 11.3 Å². The van der Waals surface area contributed by atoms with Gasteiger partial charge in [-0.3, -0.25) is 19.1 Å². The zero-order chi connectivity index (χ0) is 30.2. The monoisotopic (exact) mass is 580 g/mol. The molecule has 1 aromatic heterocycles. The number of hydrogen-bond donors (Lipinski definition) is 4. The van der Waals surface area contributed by atoms with Crippen molar-refractivity contribution in [2.75, 3.05) is 44.6 Å². The van der Waals surface area contributed by atoms with Crippen molar-refractivity contribution in [1.29, 1.82) is 0 Å². The van der Waals surface area contributed by atoms with Crippen LogP contribution in [-0.4, -0.2) is 82.5 Å². The number of likely N-dealkylation sites (tertiary alicyclic amines) is 1. The average Bonchev–Trinajstić information content (AvgIpc) is 2.88. The highest BCUT2D eigenvalue weighted by atomic mass is 19.4. The molecule has 41 heavy (non-hydrogen) atoms. The topological polar surface area (TPSA) is 152 Å². The van der Waals surface area contributed by atoms with Gasteiger partial charge in [-0.15, -0.1) is 0 Å². The summed E-state index contributed by atoms with van der Waals surface area (Å²) in [5.41, 5.74) is 9.80. The maximum absolute atomic E-state index is 14.0. The third-order valence-corrected chi connectivity index (χ3v) is 6.76. The molecule has 0 aliphatic carbocycles. The number of carbonyl (C=O) groups is 2. The number of carbonyl (C=O) groups excluding carboxylic acids is 2. The number of nitrogens with zero attached hydrogens (tertiary/aromatic N) is 4. The average molecular weight is 581 g/mol. The van der Waals surface area contributed by atoms with Crippen LogP contribution in [0.15, 0.2) is 35.3 Å². The number of aromatic nitrogens is 2. The third-order valence-electron chi connectivity index (χ3n) is 6.76.